The van der Waals surface area contributed by atoms with Gasteiger partial charge in [0.15, 0.2) is 0 Å². The minimum Gasteiger partial charge on any atom is -0.381 e. The van der Waals surface area contributed by atoms with E-state index in [1.165, 1.54) is 17.2 Å². The molecule has 5 heteroatoms. The van der Waals surface area contributed by atoms with Crippen LogP contribution in [0.4, 0.5) is 11.4 Å². The number of hydrogen-bond acceptors (Lipinski definition) is 3. The summed E-state index contributed by atoms with van der Waals surface area (Å²) in [6.07, 6.45) is 0. The molecule has 0 aromatic heterocycles. The first-order chi connectivity index (χ1) is 9.47. The lowest BCUT2D eigenvalue weighted by atomic mass is 10.1. The van der Waals surface area contributed by atoms with Gasteiger partial charge in [0.25, 0.3) is 5.69 Å². The molecule has 0 atom stereocenters. The van der Waals surface area contributed by atoms with Crippen molar-refractivity contribution in [1.29, 1.82) is 0 Å². The third-order valence-electron chi connectivity index (χ3n) is 2.96. The molecule has 0 amide bonds. The van der Waals surface area contributed by atoms with Gasteiger partial charge in [-0.3, -0.25) is 10.1 Å². The van der Waals surface area contributed by atoms with Gasteiger partial charge >= 0.3 is 0 Å². The van der Waals surface area contributed by atoms with Crippen molar-refractivity contribution in [1.82, 2.24) is 0 Å². The van der Waals surface area contributed by atoms with Gasteiger partial charge in [0.1, 0.15) is 4.47 Å². The highest BCUT2D eigenvalue weighted by atomic mass is 79.9. The van der Waals surface area contributed by atoms with Crippen molar-refractivity contribution in [3.05, 3.63) is 67.7 Å². The lowest BCUT2D eigenvalue weighted by Gasteiger charge is -2.10. The smallest absolute Gasteiger partial charge is 0.283 e. The summed E-state index contributed by atoms with van der Waals surface area (Å²) in [6.45, 7) is 4.62. The number of benzene rings is 2. The Kier molecular flexibility index (Phi) is 4.39. The van der Waals surface area contributed by atoms with E-state index in [1.807, 2.05) is 19.9 Å². The zero-order chi connectivity index (χ0) is 14.7. The fourth-order valence-electron chi connectivity index (χ4n) is 2.12. The lowest BCUT2D eigenvalue weighted by Crippen LogP contribution is -2.02. The molecular formula is C15H15BrN2O2. The molecule has 0 spiro atoms. The van der Waals surface area contributed by atoms with Gasteiger partial charge in [0.2, 0.25) is 0 Å². The Morgan fingerprint density at radius 3 is 2.45 bits per heavy atom. The molecule has 0 unspecified atom stereocenters. The van der Waals surface area contributed by atoms with Crippen LogP contribution in [-0.2, 0) is 6.54 Å². The number of rotatable bonds is 4. The standard InChI is InChI=1S/C15H15BrN2O2/c1-10-6-11(2)8-13(7-10)17-9-12-4-3-5-14(15(12)16)18(19)20/h3-8,17H,9H2,1-2H3. The summed E-state index contributed by atoms with van der Waals surface area (Å²) < 4.78 is 0.530. The first kappa shape index (κ1) is 14.5. The maximum absolute atomic E-state index is 10.9. The molecule has 0 aliphatic carbocycles. The molecule has 20 heavy (non-hydrogen) atoms. The number of aryl methyl sites for hydroxylation is 2. The molecular weight excluding hydrogens is 320 g/mol. The quantitative estimate of drug-likeness (QED) is 0.657. The summed E-state index contributed by atoms with van der Waals surface area (Å²) in [6, 6.07) is 11.3. The van der Waals surface area contributed by atoms with Gasteiger partial charge in [-0.1, -0.05) is 18.2 Å². The predicted octanol–water partition coefficient (Wildman–Crippen LogP) is 4.59. The third-order valence-corrected chi connectivity index (χ3v) is 3.88. The molecule has 104 valence electrons. The summed E-state index contributed by atoms with van der Waals surface area (Å²) in [5.41, 5.74) is 4.33. The number of nitrogens with zero attached hydrogens (tertiary/aromatic N) is 1. The minimum absolute atomic E-state index is 0.0877. The SMILES string of the molecule is Cc1cc(C)cc(NCc2cccc([N+](=O)[O-])c2Br)c1. The molecule has 0 saturated heterocycles. The largest absolute Gasteiger partial charge is 0.381 e. The Labute approximate surface area is 126 Å². The van der Waals surface area contributed by atoms with Crippen LogP contribution in [0.15, 0.2) is 40.9 Å². The van der Waals surface area contributed by atoms with Crippen LogP contribution in [0.1, 0.15) is 16.7 Å². The van der Waals surface area contributed by atoms with Gasteiger partial charge in [-0.2, -0.15) is 0 Å². The second-order valence-electron chi connectivity index (χ2n) is 4.74. The van der Waals surface area contributed by atoms with Crippen molar-refractivity contribution < 1.29 is 4.92 Å². The van der Waals surface area contributed by atoms with E-state index in [0.29, 0.717) is 11.0 Å². The second-order valence-corrected chi connectivity index (χ2v) is 5.53. The van der Waals surface area contributed by atoms with E-state index in [9.17, 15) is 10.1 Å². The molecule has 0 fully saturated rings. The average molecular weight is 335 g/mol. The minimum atomic E-state index is -0.385. The number of halogens is 1. The van der Waals surface area contributed by atoms with Crippen molar-refractivity contribution >= 4 is 27.3 Å². The first-order valence-corrected chi connectivity index (χ1v) is 7.00. The fraction of sp³-hybridized carbons (Fsp3) is 0.200. The molecule has 0 aliphatic rings. The normalized spacial score (nSPS) is 10.3. The summed E-state index contributed by atoms with van der Waals surface area (Å²) in [5.74, 6) is 0. The lowest BCUT2D eigenvalue weighted by molar-refractivity contribution is -0.385. The highest BCUT2D eigenvalue weighted by Crippen LogP contribution is 2.28. The van der Waals surface area contributed by atoms with Gasteiger partial charge in [0.05, 0.1) is 4.92 Å². The van der Waals surface area contributed by atoms with Crippen molar-refractivity contribution in [2.24, 2.45) is 0 Å². The van der Waals surface area contributed by atoms with Crippen molar-refractivity contribution in [2.75, 3.05) is 5.32 Å². The maximum atomic E-state index is 10.9. The van der Waals surface area contributed by atoms with E-state index in [4.69, 9.17) is 0 Å². The van der Waals surface area contributed by atoms with Crippen LogP contribution in [0.3, 0.4) is 0 Å². The van der Waals surface area contributed by atoms with Crippen LogP contribution in [0, 0.1) is 24.0 Å². The van der Waals surface area contributed by atoms with Crippen LogP contribution in [0.5, 0.6) is 0 Å². The van der Waals surface area contributed by atoms with Crippen LogP contribution in [0.25, 0.3) is 0 Å². The number of hydrogen-bond donors (Lipinski definition) is 1. The Hall–Kier alpha value is -1.88. The molecule has 4 nitrogen and oxygen atoms in total. The topological polar surface area (TPSA) is 55.2 Å². The Morgan fingerprint density at radius 2 is 1.85 bits per heavy atom. The summed E-state index contributed by atoms with van der Waals surface area (Å²) in [4.78, 5) is 10.5. The molecule has 2 rings (SSSR count). The Bertz CT molecular complexity index is 636. The van der Waals surface area contributed by atoms with Crippen molar-refractivity contribution in [3.8, 4) is 0 Å². The van der Waals surface area contributed by atoms with E-state index >= 15 is 0 Å². The molecule has 0 heterocycles. The van der Waals surface area contributed by atoms with E-state index in [0.717, 1.165) is 11.3 Å². The van der Waals surface area contributed by atoms with Crippen molar-refractivity contribution in [2.45, 2.75) is 20.4 Å². The summed E-state index contributed by atoms with van der Waals surface area (Å²) in [7, 11) is 0. The Balaban J connectivity index is 2.19. The highest BCUT2D eigenvalue weighted by molar-refractivity contribution is 9.10. The third kappa shape index (κ3) is 3.36. The number of nitrogens with one attached hydrogen (secondary N) is 1. The van der Waals surface area contributed by atoms with Gasteiger partial charge in [-0.15, -0.1) is 0 Å². The van der Waals surface area contributed by atoms with Crippen LogP contribution in [-0.4, -0.2) is 4.92 Å². The van der Waals surface area contributed by atoms with Gasteiger partial charge in [-0.25, -0.2) is 0 Å². The van der Waals surface area contributed by atoms with Gasteiger partial charge < -0.3 is 5.32 Å². The highest BCUT2D eigenvalue weighted by Gasteiger charge is 2.14. The Morgan fingerprint density at radius 1 is 1.20 bits per heavy atom. The van der Waals surface area contributed by atoms with Crippen LogP contribution < -0.4 is 5.32 Å². The van der Waals surface area contributed by atoms with E-state index in [-0.39, 0.29) is 10.6 Å². The zero-order valence-electron chi connectivity index (χ0n) is 11.3. The molecule has 2 aromatic carbocycles. The average Bonchev–Trinajstić information content (AvgIpc) is 2.36. The van der Waals surface area contributed by atoms with E-state index < -0.39 is 0 Å². The molecule has 0 bridgehead atoms. The predicted molar refractivity (Wildman–Crippen MR) is 84.0 cm³/mol. The van der Waals surface area contributed by atoms with Gasteiger partial charge in [0, 0.05) is 18.3 Å². The molecule has 2 aromatic rings. The van der Waals surface area contributed by atoms with E-state index in [1.54, 1.807) is 6.07 Å². The van der Waals surface area contributed by atoms with Crippen LogP contribution >= 0.6 is 15.9 Å². The van der Waals surface area contributed by atoms with Crippen molar-refractivity contribution in [3.63, 3.8) is 0 Å². The second kappa shape index (κ2) is 6.05. The summed E-state index contributed by atoms with van der Waals surface area (Å²) >= 11 is 3.30. The molecule has 0 radical (unpaired) electrons. The summed E-state index contributed by atoms with van der Waals surface area (Å²) in [5, 5.41) is 14.2. The molecule has 0 aliphatic heterocycles. The number of nitro groups is 1. The first-order valence-electron chi connectivity index (χ1n) is 6.21. The number of nitro benzene ring substituents is 1. The molecule has 1 N–H and O–H groups in total. The van der Waals surface area contributed by atoms with E-state index in [2.05, 4.69) is 39.4 Å². The van der Waals surface area contributed by atoms with Gasteiger partial charge in [-0.05, 0) is 58.6 Å². The number of anilines is 1. The monoisotopic (exact) mass is 334 g/mol. The zero-order valence-corrected chi connectivity index (χ0v) is 12.9. The van der Waals surface area contributed by atoms with Crippen LogP contribution in [0.2, 0.25) is 0 Å². The maximum Gasteiger partial charge on any atom is 0.283 e. The molecule has 0 saturated carbocycles. The fourth-order valence-corrected chi connectivity index (χ4v) is 2.67.